The summed E-state index contributed by atoms with van der Waals surface area (Å²) in [7, 11) is 5.83. The Bertz CT molecular complexity index is 597. The average Bonchev–Trinajstić information content (AvgIpc) is 3.01. The molecule has 1 aromatic rings. The van der Waals surface area contributed by atoms with E-state index in [-0.39, 0.29) is 18.4 Å². The summed E-state index contributed by atoms with van der Waals surface area (Å²) in [5.74, 6) is -0.108. The maximum atomic E-state index is 12.4. The number of nitrogens with one attached hydrogen (secondary N) is 1. The normalized spacial score (nSPS) is 15.8. The van der Waals surface area contributed by atoms with E-state index in [0.29, 0.717) is 19.6 Å². The van der Waals surface area contributed by atoms with Gasteiger partial charge in [0.25, 0.3) is 0 Å². The van der Waals surface area contributed by atoms with Crippen LogP contribution in [0.25, 0.3) is 0 Å². The monoisotopic (exact) mass is 350 g/mol. The van der Waals surface area contributed by atoms with Crippen LogP contribution >= 0.6 is 11.3 Å². The number of rotatable bonds is 7. The summed E-state index contributed by atoms with van der Waals surface area (Å²) in [6.45, 7) is 2.91. The van der Waals surface area contributed by atoms with E-state index in [1.807, 2.05) is 38.2 Å². The first-order valence-electron chi connectivity index (χ1n) is 8.15. The van der Waals surface area contributed by atoms with Crippen molar-refractivity contribution in [1.29, 1.82) is 0 Å². The van der Waals surface area contributed by atoms with Crippen LogP contribution in [0.2, 0.25) is 0 Å². The highest BCUT2D eigenvalue weighted by Crippen LogP contribution is 2.27. The standard InChI is InChI=1S/C17H26N4O2S/c1-18-9-8-14-6-7-17(24-14)21-12-11-20(13-16(21)23)15(22)5-4-10-19(2)3/h4-7,18H,8-13H2,1-3H3/b5-4+. The Morgan fingerprint density at radius 1 is 1.38 bits per heavy atom. The lowest BCUT2D eigenvalue weighted by atomic mass is 10.3. The van der Waals surface area contributed by atoms with Crippen LogP contribution in [0, 0.1) is 0 Å². The number of likely N-dealkylation sites (N-methyl/N-ethyl adjacent to an activating group) is 2. The molecule has 2 rings (SSSR count). The van der Waals surface area contributed by atoms with E-state index in [9.17, 15) is 9.59 Å². The van der Waals surface area contributed by atoms with E-state index in [1.165, 1.54) is 4.88 Å². The summed E-state index contributed by atoms with van der Waals surface area (Å²) in [6.07, 6.45) is 4.35. The highest BCUT2D eigenvalue weighted by Gasteiger charge is 2.27. The van der Waals surface area contributed by atoms with Crippen molar-refractivity contribution in [1.82, 2.24) is 15.1 Å². The fraction of sp³-hybridized carbons (Fsp3) is 0.529. The molecule has 0 spiro atoms. The van der Waals surface area contributed by atoms with Crippen LogP contribution in [-0.2, 0) is 16.0 Å². The number of nitrogens with zero attached hydrogens (tertiary/aromatic N) is 3. The van der Waals surface area contributed by atoms with Gasteiger partial charge >= 0.3 is 0 Å². The third-order valence-electron chi connectivity index (χ3n) is 3.80. The fourth-order valence-electron chi connectivity index (χ4n) is 2.46. The van der Waals surface area contributed by atoms with E-state index in [0.717, 1.165) is 18.0 Å². The molecule has 0 radical (unpaired) electrons. The van der Waals surface area contributed by atoms with Crippen molar-refractivity contribution in [2.24, 2.45) is 0 Å². The summed E-state index contributed by atoms with van der Waals surface area (Å²) in [4.78, 5) is 31.2. The maximum Gasteiger partial charge on any atom is 0.247 e. The Kier molecular flexibility index (Phi) is 6.96. The van der Waals surface area contributed by atoms with Crippen molar-refractivity contribution in [3.8, 4) is 0 Å². The van der Waals surface area contributed by atoms with Crippen molar-refractivity contribution >= 4 is 28.2 Å². The van der Waals surface area contributed by atoms with Crippen LogP contribution in [0.5, 0.6) is 0 Å². The topological polar surface area (TPSA) is 55.9 Å². The summed E-state index contributed by atoms with van der Waals surface area (Å²) >= 11 is 1.65. The molecule has 24 heavy (non-hydrogen) atoms. The van der Waals surface area contributed by atoms with Gasteiger partial charge in [-0.15, -0.1) is 11.3 Å². The smallest absolute Gasteiger partial charge is 0.247 e. The second kappa shape index (κ2) is 8.96. The lowest BCUT2D eigenvalue weighted by Crippen LogP contribution is -2.51. The minimum Gasteiger partial charge on any atom is -0.328 e. The van der Waals surface area contributed by atoms with E-state index >= 15 is 0 Å². The van der Waals surface area contributed by atoms with Crippen molar-refractivity contribution in [2.75, 3.05) is 58.8 Å². The molecule has 1 saturated heterocycles. The number of anilines is 1. The predicted molar refractivity (Wildman–Crippen MR) is 98.6 cm³/mol. The van der Waals surface area contributed by atoms with Gasteiger partial charge in [-0.05, 0) is 46.2 Å². The Morgan fingerprint density at radius 2 is 2.17 bits per heavy atom. The minimum atomic E-state index is -0.0919. The van der Waals surface area contributed by atoms with Crippen molar-refractivity contribution in [2.45, 2.75) is 6.42 Å². The van der Waals surface area contributed by atoms with Gasteiger partial charge in [0.15, 0.2) is 0 Å². The Morgan fingerprint density at radius 3 is 2.83 bits per heavy atom. The Hall–Kier alpha value is -1.70. The fourth-order valence-corrected chi connectivity index (χ4v) is 3.51. The van der Waals surface area contributed by atoms with Crippen molar-refractivity contribution < 1.29 is 9.59 Å². The molecule has 1 aromatic heterocycles. The van der Waals surface area contributed by atoms with Gasteiger partial charge in [0.2, 0.25) is 11.8 Å². The molecule has 132 valence electrons. The second-order valence-electron chi connectivity index (χ2n) is 6.06. The number of carbonyl (C=O) groups is 2. The Balaban J connectivity index is 1.90. The molecule has 6 nitrogen and oxygen atoms in total. The SMILES string of the molecule is CNCCc1ccc(N2CCN(C(=O)/C=C/CN(C)C)CC2=O)s1. The summed E-state index contributed by atoms with van der Waals surface area (Å²) in [5, 5.41) is 4.10. The molecule has 0 unspecified atom stereocenters. The molecule has 0 atom stereocenters. The van der Waals surface area contributed by atoms with Crippen LogP contribution in [0.4, 0.5) is 5.00 Å². The lowest BCUT2D eigenvalue weighted by Gasteiger charge is -2.33. The third kappa shape index (κ3) is 5.15. The molecule has 2 amide bonds. The highest BCUT2D eigenvalue weighted by atomic mass is 32.1. The van der Waals surface area contributed by atoms with Gasteiger partial charge in [-0.3, -0.25) is 9.59 Å². The summed E-state index contributed by atoms with van der Waals surface area (Å²) < 4.78 is 0. The molecule has 1 N–H and O–H groups in total. The van der Waals surface area contributed by atoms with E-state index in [4.69, 9.17) is 0 Å². The molecule has 7 heteroatoms. The first-order chi connectivity index (χ1) is 11.5. The molecule has 0 saturated carbocycles. The van der Waals surface area contributed by atoms with Gasteiger partial charge in [-0.25, -0.2) is 0 Å². The molecule has 1 aliphatic heterocycles. The zero-order valence-electron chi connectivity index (χ0n) is 14.6. The number of piperazine rings is 1. The molecule has 0 bridgehead atoms. The number of thiophene rings is 1. The van der Waals surface area contributed by atoms with Gasteiger partial charge in [0, 0.05) is 30.6 Å². The average molecular weight is 350 g/mol. The molecule has 1 fully saturated rings. The van der Waals surface area contributed by atoms with Gasteiger partial charge < -0.3 is 20.0 Å². The second-order valence-corrected chi connectivity index (χ2v) is 7.21. The largest absolute Gasteiger partial charge is 0.328 e. The molecule has 0 aliphatic carbocycles. The molecule has 0 aromatic carbocycles. The van der Waals surface area contributed by atoms with Crippen LogP contribution in [0.1, 0.15) is 4.88 Å². The van der Waals surface area contributed by atoms with E-state index in [2.05, 4.69) is 11.4 Å². The molecular formula is C17H26N4O2S. The zero-order valence-corrected chi connectivity index (χ0v) is 15.4. The lowest BCUT2D eigenvalue weighted by molar-refractivity contribution is -0.133. The number of hydrogen-bond acceptors (Lipinski definition) is 5. The molecule has 2 heterocycles. The van der Waals surface area contributed by atoms with E-state index < -0.39 is 0 Å². The quantitative estimate of drug-likeness (QED) is 0.739. The van der Waals surface area contributed by atoms with Gasteiger partial charge in [0.05, 0.1) is 5.00 Å². The molecular weight excluding hydrogens is 324 g/mol. The zero-order chi connectivity index (χ0) is 17.5. The van der Waals surface area contributed by atoms with Crippen LogP contribution < -0.4 is 10.2 Å². The summed E-state index contributed by atoms with van der Waals surface area (Å²) in [5.41, 5.74) is 0. The van der Waals surface area contributed by atoms with Crippen molar-refractivity contribution in [3.05, 3.63) is 29.2 Å². The maximum absolute atomic E-state index is 12.4. The van der Waals surface area contributed by atoms with Gasteiger partial charge in [0.1, 0.15) is 6.54 Å². The van der Waals surface area contributed by atoms with Gasteiger partial charge in [-0.2, -0.15) is 0 Å². The van der Waals surface area contributed by atoms with Crippen LogP contribution in [-0.4, -0.2) is 75.5 Å². The third-order valence-corrected chi connectivity index (χ3v) is 4.97. The number of carbonyl (C=O) groups excluding carboxylic acids is 2. The van der Waals surface area contributed by atoms with Crippen LogP contribution in [0.15, 0.2) is 24.3 Å². The Labute approximate surface area is 147 Å². The van der Waals surface area contributed by atoms with Gasteiger partial charge in [-0.1, -0.05) is 6.08 Å². The minimum absolute atomic E-state index is 0.0161. The number of hydrogen-bond donors (Lipinski definition) is 1. The summed E-state index contributed by atoms with van der Waals surface area (Å²) in [6, 6.07) is 4.08. The molecule has 1 aliphatic rings. The first kappa shape index (κ1) is 18.6. The predicted octanol–water partition coefficient (Wildman–Crippen LogP) is 0.803. The van der Waals surface area contributed by atoms with E-state index in [1.54, 1.807) is 27.2 Å². The number of amides is 2. The van der Waals surface area contributed by atoms with Crippen molar-refractivity contribution in [3.63, 3.8) is 0 Å². The highest BCUT2D eigenvalue weighted by molar-refractivity contribution is 7.16. The first-order valence-corrected chi connectivity index (χ1v) is 8.96. The van der Waals surface area contributed by atoms with Crippen LogP contribution in [0.3, 0.4) is 0 Å².